The monoisotopic (exact) mass is 270 g/mol. The summed E-state index contributed by atoms with van der Waals surface area (Å²) in [6.07, 6.45) is 0.279. The van der Waals surface area contributed by atoms with Crippen LogP contribution in [0.5, 0.6) is 0 Å². The highest BCUT2D eigenvalue weighted by Gasteiger charge is 2.15. The number of nitrogens with one attached hydrogen (secondary N) is 2. The van der Waals surface area contributed by atoms with Crippen molar-refractivity contribution in [2.75, 3.05) is 26.2 Å². The fourth-order valence-electron chi connectivity index (χ4n) is 2.80. The van der Waals surface area contributed by atoms with Gasteiger partial charge in [-0.05, 0) is 23.3 Å². The van der Waals surface area contributed by atoms with E-state index in [1.54, 1.807) is 0 Å². The number of morpholine rings is 1. The van der Waals surface area contributed by atoms with Gasteiger partial charge in [0.25, 0.3) is 0 Å². The molecule has 1 fully saturated rings. The normalized spacial score (nSPS) is 20.9. The maximum atomic E-state index is 5.73. The Labute approximate surface area is 120 Å². The van der Waals surface area contributed by atoms with Crippen molar-refractivity contribution in [3.8, 4) is 0 Å². The fraction of sp³-hybridized carbons (Fsp3) is 0.412. The summed E-state index contributed by atoms with van der Waals surface area (Å²) in [5, 5.41) is 9.59. The van der Waals surface area contributed by atoms with Crippen molar-refractivity contribution in [3.05, 3.63) is 48.0 Å². The highest BCUT2D eigenvalue weighted by molar-refractivity contribution is 5.86. The number of hydrogen-bond acceptors (Lipinski definition) is 3. The zero-order valence-electron chi connectivity index (χ0n) is 11.9. The van der Waals surface area contributed by atoms with Gasteiger partial charge in [-0.25, -0.2) is 0 Å². The van der Waals surface area contributed by atoms with E-state index in [0.29, 0.717) is 6.04 Å². The van der Waals surface area contributed by atoms with Crippen molar-refractivity contribution in [1.29, 1.82) is 0 Å². The Morgan fingerprint density at radius 1 is 1.25 bits per heavy atom. The summed E-state index contributed by atoms with van der Waals surface area (Å²) in [6, 6.07) is 15.4. The van der Waals surface area contributed by atoms with Crippen molar-refractivity contribution >= 4 is 10.8 Å². The molecule has 3 heteroatoms. The largest absolute Gasteiger partial charge is 0.374 e. The first-order valence-electron chi connectivity index (χ1n) is 7.38. The van der Waals surface area contributed by atoms with Crippen molar-refractivity contribution in [3.63, 3.8) is 0 Å². The molecule has 2 aromatic carbocycles. The van der Waals surface area contributed by atoms with Crippen LogP contribution in [0.15, 0.2) is 42.5 Å². The standard InChI is InChI=1S/C17H22N2O/c1-13(19-12-15-11-18-9-10-20-15)16-8-4-6-14-5-2-3-7-17(14)16/h2-8,13,15,18-19H,9-12H2,1H3. The number of fused-ring (bicyclic) bond motifs is 1. The van der Waals surface area contributed by atoms with E-state index < -0.39 is 0 Å². The Morgan fingerprint density at radius 2 is 2.10 bits per heavy atom. The molecule has 3 rings (SSSR count). The van der Waals surface area contributed by atoms with Crippen molar-refractivity contribution in [1.82, 2.24) is 10.6 Å². The zero-order valence-corrected chi connectivity index (χ0v) is 11.9. The van der Waals surface area contributed by atoms with Crippen molar-refractivity contribution < 1.29 is 4.74 Å². The average Bonchev–Trinajstić information content (AvgIpc) is 2.53. The number of benzene rings is 2. The van der Waals surface area contributed by atoms with Gasteiger partial charge in [-0.3, -0.25) is 0 Å². The first-order chi connectivity index (χ1) is 9.84. The Hall–Kier alpha value is -1.42. The summed E-state index contributed by atoms with van der Waals surface area (Å²) in [6.45, 7) is 5.83. The molecule has 0 radical (unpaired) electrons. The van der Waals surface area contributed by atoms with Crippen molar-refractivity contribution in [2.45, 2.75) is 19.1 Å². The summed E-state index contributed by atoms with van der Waals surface area (Å²) in [7, 11) is 0. The predicted octanol–water partition coefficient (Wildman–Crippen LogP) is 2.48. The molecule has 1 aliphatic rings. The van der Waals surface area contributed by atoms with Crippen LogP contribution in [0, 0.1) is 0 Å². The third-order valence-electron chi connectivity index (χ3n) is 3.95. The minimum atomic E-state index is 0.279. The molecule has 2 aromatic rings. The second-order valence-corrected chi connectivity index (χ2v) is 5.40. The molecule has 2 N–H and O–H groups in total. The first kappa shape index (κ1) is 13.6. The third kappa shape index (κ3) is 3.01. The fourth-order valence-corrected chi connectivity index (χ4v) is 2.80. The van der Waals surface area contributed by atoms with E-state index in [2.05, 4.69) is 60.0 Å². The molecule has 2 atom stereocenters. The van der Waals surface area contributed by atoms with Gasteiger partial charge in [0.2, 0.25) is 0 Å². The molecule has 0 amide bonds. The smallest absolute Gasteiger partial charge is 0.0824 e. The predicted molar refractivity (Wildman–Crippen MR) is 83.0 cm³/mol. The Bertz CT molecular complexity index is 558. The second-order valence-electron chi connectivity index (χ2n) is 5.40. The lowest BCUT2D eigenvalue weighted by molar-refractivity contribution is 0.0279. The molecule has 2 unspecified atom stereocenters. The molecule has 106 valence electrons. The van der Waals surface area contributed by atoms with Crippen LogP contribution in [0.2, 0.25) is 0 Å². The molecule has 1 aliphatic heterocycles. The minimum Gasteiger partial charge on any atom is -0.374 e. The summed E-state index contributed by atoms with van der Waals surface area (Å²) in [5.41, 5.74) is 1.35. The number of hydrogen-bond donors (Lipinski definition) is 2. The lowest BCUT2D eigenvalue weighted by Gasteiger charge is -2.26. The molecule has 3 nitrogen and oxygen atoms in total. The molecule has 1 saturated heterocycles. The van der Waals surface area contributed by atoms with Gasteiger partial charge in [0.05, 0.1) is 12.7 Å². The van der Waals surface area contributed by atoms with Crippen LogP contribution in [0.4, 0.5) is 0 Å². The van der Waals surface area contributed by atoms with Gasteiger partial charge >= 0.3 is 0 Å². The highest BCUT2D eigenvalue weighted by Crippen LogP contribution is 2.23. The van der Waals surface area contributed by atoms with Crippen LogP contribution in [-0.2, 0) is 4.74 Å². The van der Waals surface area contributed by atoms with Crippen LogP contribution in [0.25, 0.3) is 10.8 Å². The molecule has 0 aliphatic carbocycles. The van der Waals surface area contributed by atoms with E-state index in [1.165, 1.54) is 16.3 Å². The summed E-state index contributed by atoms with van der Waals surface area (Å²) >= 11 is 0. The number of ether oxygens (including phenoxy) is 1. The molecule has 1 heterocycles. The van der Waals surface area contributed by atoms with Crippen LogP contribution in [0.1, 0.15) is 18.5 Å². The maximum Gasteiger partial charge on any atom is 0.0824 e. The third-order valence-corrected chi connectivity index (χ3v) is 3.95. The molecular formula is C17H22N2O. The Morgan fingerprint density at radius 3 is 2.95 bits per heavy atom. The zero-order chi connectivity index (χ0) is 13.8. The van der Waals surface area contributed by atoms with Gasteiger partial charge in [0.1, 0.15) is 0 Å². The molecule has 0 saturated carbocycles. The van der Waals surface area contributed by atoms with Crippen molar-refractivity contribution in [2.24, 2.45) is 0 Å². The van der Waals surface area contributed by atoms with E-state index in [4.69, 9.17) is 4.74 Å². The average molecular weight is 270 g/mol. The summed E-state index contributed by atoms with van der Waals surface area (Å²) in [4.78, 5) is 0. The molecule has 0 aromatic heterocycles. The van der Waals surface area contributed by atoms with Gasteiger partial charge in [-0.1, -0.05) is 42.5 Å². The Balaban J connectivity index is 1.70. The second kappa shape index (κ2) is 6.35. The van der Waals surface area contributed by atoms with Crippen LogP contribution in [-0.4, -0.2) is 32.3 Å². The van der Waals surface area contributed by atoms with Crippen LogP contribution in [0.3, 0.4) is 0 Å². The van der Waals surface area contributed by atoms with E-state index in [0.717, 1.165) is 26.2 Å². The van der Waals surface area contributed by atoms with Gasteiger partial charge in [0.15, 0.2) is 0 Å². The molecule has 0 spiro atoms. The maximum absolute atomic E-state index is 5.73. The topological polar surface area (TPSA) is 33.3 Å². The summed E-state index contributed by atoms with van der Waals surface area (Å²) < 4.78 is 5.73. The van der Waals surface area contributed by atoms with Gasteiger partial charge in [-0.15, -0.1) is 0 Å². The first-order valence-corrected chi connectivity index (χ1v) is 7.38. The van der Waals surface area contributed by atoms with Crippen LogP contribution < -0.4 is 10.6 Å². The van der Waals surface area contributed by atoms with Gasteiger partial charge < -0.3 is 15.4 Å². The van der Waals surface area contributed by atoms with E-state index in [1.807, 2.05) is 0 Å². The van der Waals surface area contributed by atoms with E-state index >= 15 is 0 Å². The van der Waals surface area contributed by atoms with Gasteiger partial charge in [0, 0.05) is 25.7 Å². The van der Waals surface area contributed by atoms with Crippen LogP contribution >= 0.6 is 0 Å². The lowest BCUT2D eigenvalue weighted by Crippen LogP contribution is -2.44. The quantitative estimate of drug-likeness (QED) is 0.895. The molecule has 0 bridgehead atoms. The Kier molecular flexibility index (Phi) is 4.31. The molecular weight excluding hydrogens is 248 g/mol. The molecule has 20 heavy (non-hydrogen) atoms. The van der Waals surface area contributed by atoms with E-state index in [-0.39, 0.29) is 6.10 Å². The SMILES string of the molecule is CC(NCC1CNCCO1)c1cccc2ccccc12. The number of rotatable bonds is 4. The summed E-state index contributed by atoms with van der Waals surface area (Å²) in [5.74, 6) is 0. The minimum absolute atomic E-state index is 0.279. The lowest BCUT2D eigenvalue weighted by atomic mass is 9.99. The van der Waals surface area contributed by atoms with Gasteiger partial charge in [-0.2, -0.15) is 0 Å². The highest BCUT2D eigenvalue weighted by atomic mass is 16.5. The van der Waals surface area contributed by atoms with E-state index in [9.17, 15) is 0 Å².